The van der Waals surface area contributed by atoms with Gasteiger partial charge in [-0.25, -0.2) is 4.99 Å². The lowest BCUT2D eigenvalue weighted by molar-refractivity contribution is 0.100. The minimum absolute atomic E-state index is 0.00676. The van der Waals surface area contributed by atoms with Crippen molar-refractivity contribution in [1.82, 2.24) is 14.7 Å². The normalized spacial score (nSPS) is 12.9. The number of aryl methyl sites for hydroxylation is 1. The van der Waals surface area contributed by atoms with E-state index in [0.717, 1.165) is 30.3 Å². The number of Topliss-reactive ketones (excluding diaryl/α,β-unsaturated/α-hetero) is 1. The Morgan fingerprint density at radius 1 is 1.10 bits per heavy atom. The molecule has 5 heteroatoms. The molecular formula is C24H44N4O. The second kappa shape index (κ2) is 10.9. The third kappa shape index (κ3) is 7.27. The Morgan fingerprint density at radius 3 is 2.07 bits per heavy atom. The highest BCUT2D eigenvalue weighted by Crippen LogP contribution is 2.34. The summed E-state index contributed by atoms with van der Waals surface area (Å²) in [7, 11) is 1.84. The van der Waals surface area contributed by atoms with Gasteiger partial charge < -0.3 is 4.90 Å². The van der Waals surface area contributed by atoms with E-state index >= 15 is 0 Å². The van der Waals surface area contributed by atoms with Gasteiger partial charge in [-0.15, -0.1) is 0 Å². The van der Waals surface area contributed by atoms with Crippen molar-refractivity contribution < 1.29 is 4.79 Å². The van der Waals surface area contributed by atoms with Gasteiger partial charge in [-0.1, -0.05) is 61.3 Å². The quantitative estimate of drug-likeness (QED) is 0.267. The van der Waals surface area contributed by atoms with Crippen LogP contribution in [0.3, 0.4) is 0 Å². The van der Waals surface area contributed by atoms with Crippen molar-refractivity contribution in [3.05, 3.63) is 11.4 Å². The number of hydrogen-bond acceptors (Lipinski definition) is 3. The van der Waals surface area contributed by atoms with Gasteiger partial charge >= 0.3 is 0 Å². The maximum absolute atomic E-state index is 12.4. The first-order valence-corrected chi connectivity index (χ1v) is 11.3. The van der Waals surface area contributed by atoms with E-state index in [-0.39, 0.29) is 11.2 Å². The lowest BCUT2D eigenvalue weighted by Gasteiger charge is -2.30. The monoisotopic (exact) mass is 404 g/mol. The molecule has 1 heterocycles. The molecule has 5 nitrogen and oxygen atoms in total. The highest BCUT2D eigenvalue weighted by atomic mass is 16.1. The van der Waals surface area contributed by atoms with Crippen LogP contribution in [0.1, 0.15) is 104 Å². The van der Waals surface area contributed by atoms with Crippen LogP contribution in [0.15, 0.2) is 4.99 Å². The van der Waals surface area contributed by atoms with E-state index in [9.17, 15) is 4.79 Å². The van der Waals surface area contributed by atoms with E-state index in [1.54, 1.807) is 11.6 Å². The van der Waals surface area contributed by atoms with Crippen molar-refractivity contribution >= 4 is 17.3 Å². The second-order valence-electron chi connectivity index (χ2n) is 9.88. The predicted octanol–water partition coefficient (Wildman–Crippen LogP) is 6.14. The fraction of sp³-hybridized carbons (Fsp3) is 0.792. The minimum atomic E-state index is -0.180. The number of carbonyl (C=O) groups excluding carboxylic acids is 1. The summed E-state index contributed by atoms with van der Waals surface area (Å²) in [5.74, 6) is 2.22. The predicted molar refractivity (Wildman–Crippen MR) is 124 cm³/mol. The number of rotatable bonds is 10. The molecule has 0 aliphatic rings. The van der Waals surface area contributed by atoms with Crippen LogP contribution in [0.2, 0.25) is 0 Å². The Labute approximate surface area is 179 Å². The summed E-state index contributed by atoms with van der Waals surface area (Å²) in [5.41, 5.74) is 2.03. The molecule has 0 saturated heterocycles. The van der Waals surface area contributed by atoms with Crippen molar-refractivity contribution in [3.63, 3.8) is 0 Å². The summed E-state index contributed by atoms with van der Waals surface area (Å²) < 4.78 is 1.69. The molecule has 0 bridgehead atoms. The van der Waals surface area contributed by atoms with Gasteiger partial charge in [-0.05, 0) is 31.6 Å². The number of hydrogen-bond donors (Lipinski definition) is 0. The number of ketones is 1. The van der Waals surface area contributed by atoms with Gasteiger partial charge in [0.2, 0.25) is 0 Å². The summed E-state index contributed by atoms with van der Waals surface area (Å²) >= 11 is 0. The largest absolute Gasteiger partial charge is 0.360 e. The van der Waals surface area contributed by atoms with Crippen molar-refractivity contribution in [3.8, 4) is 0 Å². The van der Waals surface area contributed by atoms with Crippen LogP contribution >= 0.6 is 0 Å². The van der Waals surface area contributed by atoms with E-state index < -0.39 is 0 Å². The van der Waals surface area contributed by atoms with E-state index in [2.05, 4.69) is 65.4 Å². The number of nitrogens with zero attached hydrogens (tertiary/aromatic N) is 4. The average molecular weight is 405 g/mol. The van der Waals surface area contributed by atoms with Crippen LogP contribution in [0.25, 0.3) is 0 Å². The van der Waals surface area contributed by atoms with E-state index in [4.69, 9.17) is 4.99 Å². The van der Waals surface area contributed by atoms with Crippen molar-refractivity contribution in [2.45, 2.75) is 93.4 Å². The first-order valence-electron chi connectivity index (χ1n) is 11.3. The molecule has 1 aromatic rings. The molecule has 0 saturated carbocycles. The lowest BCUT2D eigenvalue weighted by atomic mass is 9.90. The van der Waals surface area contributed by atoms with Gasteiger partial charge in [-0.3, -0.25) is 9.48 Å². The smallest absolute Gasteiger partial charge is 0.180 e. The molecule has 0 aromatic carbocycles. The lowest BCUT2D eigenvalue weighted by Crippen LogP contribution is -2.36. The Morgan fingerprint density at radius 2 is 1.66 bits per heavy atom. The van der Waals surface area contributed by atoms with E-state index in [1.165, 1.54) is 25.7 Å². The van der Waals surface area contributed by atoms with Gasteiger partial charge in [0.15, 0.2) is 5.78 Å². The Kier molecular flexibility index (Phi) is 9.57. The van der Waals surface area contributed by atoms with Crippen molar-refractivity contribution in [2.24, 2.45) is 23.9 Å². The fourth-order valence-corrected chi connectivity index (χ4v) is 3.99. The topological polar surface area (TPSA) is 50.5 Å². The first-order chi connectivity index (χ1) is 13.4. The molecular weight excluding hydrogens is 360 g/mol. The molecule has 0 spiro atoms. The van der Waals surface area contributed by atoms with Crippen molar-refractivity contribution in [1.29, 1.82) is 0 Å². The zero-order valence-electron chi connectivity index (χ0n) is 20.6. The Hall–Kier alpha value is -1.65. The van der Waals surface area contributed by atoms with Crippen LogP contribution in [0.5, 0.6) is 0 Å². The van der Waals surface area contributed by atoms with Crippen LogP contribution < -0.4 is 0 Å². The Bertz CT molecular complexity index is 688. The van der Waals surface area contributed by atoms with Crippen LogP contribution in [0.4, 0.5) is 5.69 Å². The second-order valence-corrected chi connectivity index (χ2v) is 9.88. The van der Waals surface area contributed by atoms with Gasteiger partial charge in [-0.2, -0.15) is 5.10 Å². The van der Waals surface area contributed by atoms with Crippen LogP contribution in [0, 0.1) is 11.8 Å². The molecule has 0 atom stereocenters. The maximum atomic E-state index is 12.4. The molecule has 0 unspecified atom stereocenters. The molecule has 0 aliphatic carbocycles. The summed E-state index contributed by atoms with van der Waals surface area (Å²) in [4.78, 5) is 19.8. The van der Waals surface area contributed by atoms with Gasteiger partial charge in [0.25, 0.3) is 0 Å². The molecule has 166 valence electrons. The van der Waals surface area contributed by atoms with E-state index in [0.29, 0.717) is 17.5 Å². The molecule has 0 amide bonds. The standard InChI is InChI=1S/C24H44N4O/c1-11-13-20(14-12-2)16-28(15-17(3)4)19(6)25-21-22(18(5)29)27(10)26-23(21)24(7,8)9/h17,20H,11-16H2,1-10H3/b25-19+. The number of carbonyl (C=O) groups is 1. The number of amidine groups is 1. The van der Waals surface area contributed by atoms with Crippen LogP contribution in [-0.4, -0.2) is 39.4 Å². The zero-order valence-corrected chi connectivity index (χ0v) is 20.6. The van der Waals surface area contributed by atoms with Gasteiger partial charge in [0.1, 0.15) is 17.2 Å². The zero-order chi connectivity index (χ0) is 22.4. The molecule has 1 rings (SSSR count). The highest BCUT2D eigenvalue weighted by molar-refractivity contribution is 5.99. The molecule has 0 radical (unpaired) electrons. The summed E-state index contributed by atoms with van der Waals surface area (Å²) in [6, 6.07) is 0. The highest BCUT2D eigenvalue weighted by Gasteiger charge is 2.28. The molecule has 29 heavy (non-hydrogen) atoms. The third-order valence-electron chi connectivity index (χ3n) is 5.26. The maximum Gasteiger partial charge on any atom is 0.180 e. The van der Waals surface area contributed by atoms with Gasteiger partial charge in [0.05, 0.1) is 5.69 Å². The average Bonchev–Trinajstić information content (AvgIpc) is 2.90. The summed E-state index contributed by atoms with van der Waals surface area (Å²) in [6.07, 6.45) is 4.91. The molecule has 0 aliphatic heterocycles. The molecule has 1 aromatic heterocycles. The number of aliphatic imine (C=N–C) groups is 1. The summed E-state index contributed by atoms with van der Waals surface area (Å²) in [5, 5.41) is 4.67. The molecule has 0 fully saturated rings. The van der Waals surface area contributed by atoms with Crippen molar-refractivity contribution in [2.75, 3.05) is 13.1 Å². The molecule has 0 N–H and O–H groups in total. The summed E-state index contributed by atoms with van der Waals surface area (Å²) in [6.45, 7) is 21.1. The van der Waals surface area contributed by atoms with Crippen LogP contribution in [-0.2, 0) is 12.5 Å². The number of aromatic nitrogens is 2. The van der Waals surface area contributed by atoms with E-state index in [1.807, 2.05) is 7.05 Å². The van der Waals surface area contributed by atoms with Gasteiger partial charge in [0, 0.05) is 32.5 Å². The Balaban J connectivity index is 3.41. The SMILES string of the molecule is CCCC(CCC)CN(CC(C)C)/C(C)=N/c1c(C(C)(C)C)nn(C)c1C(C)=O. The fourth-order valence-electron chi connectivity index (χ4n) is 3.99. The third-order valence-corrected chi connectivity index (χ3v) is 5.26. The minimum Gasteiger partial charge on any atom is -0.360 e. The first kappa shape index (κ1) is 25.4.